The molecule has 6 heteroatoms. The van der Waals surface area contributed by atoms with Gasteiger partial charge in [0.2, 0.25) is 5.91 Å². The van der Waals surface area contributed by atoms with Crippen LogP contribution in [0.3, 0.4) is 0 Å². The van der Waals surface area contributed by atoms with Crippen molar-refractivity contribution < 1.29 is 4.79 Å². The average molecular weight is 354 g/mol. The summed E-state index contributed by atoms with van der Waals surface area (Å²) >= 11 is 1.48. The van der Waals surface area contributed by atoms with Gasteiger partial charge in [-0.25, -0.2) is 4.98 Å². The molecule has 0 aliphatic carbocycles. The number of aromatic amines is 1. The van der Waals surface area contributed by atoms with Crippen LogP contribution in [0, 0.1) is 6.92 Å². The van der Waals surface area contributed by atoms with Crippen LogP contribution < -0.4 is 4.90 Å². The van der Waals surface area contributed by atoms with Gasteiger partial charge in [0.05, 0.1) is 22.5 Å². The van der Waals surface area contributed by atoms with Crippen molar-refractivity contribution in [1.82, 2.24) is 15.0 Å². The number of fused-ring (bicyclic) bond motifs is 1. The summed E-state index contributed by atoms with van der Waals surface area (Å²) in [6, 6.07) is 9.92. The molecule has 0 saturated heterocycles. The van der Waals surface area contributed by atoms with Gasteiger partial charge in [-0.05, 0) is 44.0 Å². The number of aromatic nitrogens is 3. The number of rotatable bonds is 6. The van der Waals surface area contributed by atoms with Crippen LogP contribution in [0.5, 0.6) is 0 Å². The van der Waals surface area contributed by atoms with Gasteiger partial charge in [0, 0.05) is 18.4 Å². The lowest BCUT2D eigenvalue weighted by molar-refractivity contribution is -0.118. The van der Waals surface area contributed by atoms with Gasteiger partial charge >= 0.3 is 0 Å². The Morgan fingerprint density at radius 2 is 2.16 bits per heavy atom. The zero-order chi connectivity index (χ0) is 17.8. The molecule has 1 N–H and O–H groups in total. The van der Waals surface area contributed by atoms with Gasteiger partial charge in [-0.1, -0.05) is 30.8 Å². The Bertz CT molecular complexity index is 843. The molecule has 0 aliphatic heterocycles. The summed E-state index contributed by atoms with van der Waals surface area (Å²) in [5.41, 5.74) is 3.85. The van der Waals surface area contributed by atoms with Crippen LogP contribution in [0.4, 0.5) is 5.69 Å². The molecule has 0 fully saturated rings. The third-order valence-corrected chi connectivity index (χ3v) is 5.29. The van der Waals surface area contributed by atoms with Crippen molar-refractivity contribution in [1.29, 1.82) is 0 Å². The van der Waals surface area contributed by atoms with Crippen LogP contribution in [0.1, 0.15) is 25.8 Å². The van der Waals surface area contributed by atoms with E-state index in [0.717, 1.165) is 33.9 Å². The first-order valence-electron chi connectivity index (χ1n) is 8.46. The maximum absolute atomic E-state index is 13.1. The molecule has 0 aliphatic rings. The lowest BCUT2D eigenvalue weighted by Gasteiger charge is -2.25. The summed E-state index contributed by atoms with van der Waals surface area (Å²) in [6.45, 7) is 6.72. The molecular formula is C19H22N4OS. The number of aryl methyl sites for hydroxylation is 1. The normalized spacial score (nSPS) is 12.3. The number of imidazole rings is 1. The Hall–Kier alpha value is -2.34. The van der Waals surface area contributed by atoms with Crippen molar-refractivity contribution in [3.8, 4) is 0 Å². The van der Waals surface area contributed by atoms with Gasteiger partial charge in [-0.2, -0.15) is 0 Å². The quantitative estimate of drug-likeness (QED) is 0.674. The molecule has 5 nitrogen and oxygen atoms in total. The summed E-state index contributed by atoms with van der Waals surface area (Å²) in [7, 11) is 0. The number of carbonyl (C=O) groups excluding carboxylic acids is 1. The van der Waals surface area contributed by atoms with Crippen LogP contribution in [-0.4, -0.2) is 32.7 Å². The molecule has 3 aromatic rings. The fourth-order valence-electron chi connectivity index (χ4n) is 2.77. The number of anilines is 1. The molecule has 3 rings (SSSR count). The predicted molar refractivity (Wildman–Crippen MR) is 103 cm³/mol. The number of thioether (sulfide) groups is 1. The van der Waals surface area contributed by atoms with E-state index in [0.29, 0.717) is 6.54 Å². The second-order valence-corrected chi connectivity index (χ2v) is 7.06. The van der Waals surface area contributed by atoms with Gasteiger partial charge in [0.1, 0.15) is 0 Å². The Kier molecular flexibility index (Phi) is 5.38. The number of benzene rings is 1. The smallest absolute Gasteiger partial charge is 0.240 e. The molecule has 0 radical (unpaired) electrons. The molecule has 0 spiro atoms. The third kappa shape index (κ3) is 3.85. The minimum Gasteiger partial charge on any atom is -0.332 e. The van der Waals surface area contributed by atoms with Gasteiger partial charge in [-0.15, -0.1) is 0 Å². The van der Waals surface area contributed by atoms with E-state index in [1.54, 1.807) is 12.4 Å². The summed E-state index contributed by atoms with van der Waals surface area (Å²) in [5, 5.41) is 0.567. The van der Waals surface area contributed by atoms with E-state index in [1.165, 1.54) is 11.8 Å². The first-order valence-corrected chi connectivity index (χ1v) is 9.34. The van der Waals surface area contributed by atoms with Crippen molar-refractivity contribution in [3.63, 3.8) is 0 Å². The van der Waals surface area contributed by atoms with Crippen LogP contribution in [0.15, 0.2) is 47.9 Å². The topological polar surface area (TPSA) is 61.9 Å². The second kappa shape index (κ2) is 7.70. The summed E-state index contributed by atoms with van der Waals surface area (Å²) < 4.78 is 0. The molecule has 1 aromatic carbocycles. The highest BCUT2D eigenvalue weighted by Crippen LogP contribution is 2.28. The first kappa shape index (κ1) is 17.5. The Morgan fingerprint density at radius 1 is 1.32 bits per heavy atom. The largest absolute Gasteiger partial charge is 0.332 e. The second-order valence-electron chi connectivity index (χ2n) is 5.87. The number of carbonyl (C=O) groups is 1. The molecule has 130 valence electrons. The first-order chi connectivity index (χ1) is 12.1. The lowest BCUT2D eigenvalue weighted by atomic mass is 10.2. The van der Waals surface area contributed by atoms with Crippen LogP contribution in [-0.2, 0) is 4.79 Å². The zero-order valence-electron chi connectivity index (χ0n) is 14.7. The molecular weight excluding hydrogens is 332 g/mol. The van der Waals surface area contributed by atoms with Crippen LogP contribution >= 0.6 is 11.8 Å². The summed E-state index contributed by atoms with van der Waals surface area (Å²) in [5.74, 6) is 0.110. The fourth-order valence-corrected chi connectivity index (χ4v) is 3.75. The van der Waals surface area contributed by atoms with Gasteiger partial charge in [-0.3, -0.25) is 9.78 Å². The van der Waals surface area contributed by atoms with Gasteiger partial charge < -0.3 is 9.88 Å². The molecule has 0 unspecified atom stereocenters. The minimum atomic E-state index is -0.186. The van der Waals surface area contributed by atoms with E-state index >= 15 is 0 Å². The van der Waals surface area contributed by atoms with Crippen LogP contribution in [0.2, 0.25) is 0 Å². The maximum Gasteiger partial charge on any atom is 0.240 e. The lowest BCUT2D eigenvalue weighted by Crippen LogP contribution is -2.37. The van der Waals surface area contributed by atoms with Crippen LogP contribution in [0.25, 0.3) is 11.0 Å². The highest BCUT2D eigenvalue weighted by atomic mass is 32.2. The van der Waals surface area contributed by atoms with Gasteiger partial charge in [0.25, 0.3) is 0 Å². The molecule has 1 atom stereocenters. The van der Waals surface area contributed by atoms with Crippen molar-refractivity contribution in [2.24, 2.45) is 0 Å². The van der Waals surface area contributed by atoms with Gasteiger partial charge in [0.15, 0.2) is 5.16 Å². The Labute approximate surface area is 151 Å². The number of nitrogens with one attached hydrogen (secondary N) is 1. The number of hydrogen-bond donors (Lipinski definition) is 1. The van der Waals surface area contributed by atoms with E-state index in [1.807, 2.05) is 56.0 Å². The van der Waals surface area contributed by atoms with E-state index in [-0.39, 0.29) is 11.2 Å². The molecule has 2 heterocycles. The number of hydrogen-bond acceptors (Lipinski definition) is 4. The third-order valence-electron chi connectivity index (χ3n) is 4.06. The monoisotopic (exact) mass is 354 g/mol. The summed E-state index contributed by atoms with van der Waals surface area (Å²) in [4.78, 5) is 26.8. The zero-order valence-corrected chi connectivity index (χ0v) is 15.5. The average Bonchev–Trinajstić information content (AvgIpc) is 3.02. The molecule has 25 heavy (non-hydrogen) atoms. The summed E-state index contributed by atoms with van der Waals surface area (Å²) in [6.07, 6.45) is 4.21. The van der Waals surface area contributed by atoms with Crippen molar-refractivity contribution in [3.05, 3.63) is 48.3 Å². The Balaban J connectivity index is 1.82. The van der Waals surface area contributed by atoms with E-state index in [9.17, 15) is 4.79 Å². The predicted octanol–water partition coefficient (Wildman–Crippen LogP) is 4.19. The van der Waals surface area contributed by atoms with E-state index in [2.05, 4.69) is 15.0 Å². The molecule has 2 aromatic heterocycles. The van der Waals surface area contributed by atoms with Crippen molar-refractivity contribution in [2.75, 3.05) is 11.4 Å². The van der Waals surface area contributed by atoms with E-state index in [4.69, 9.17) is 0 Å². The number of nitrogens with zero attached hydrogens (tertiary/aromatic N) is 3. The highest BCUT2D eigenvalue weighted by Gasteiger charge is 2.25. The standard InChI is InChI=1S/C19H22N4OS/c1-4-17(25-19-21-15-9-10-20-12-16(15)22-19)18(24)23(5-2)14-8-6-7-13(3)11-14/h6-12,17H,4-5H2,1-3H3,(H,21,22)/t17-/m0/s1. The number of amides is 1. The SMILES string of the molecule is CC[C@H](Sc1nc2ccncc2[nH]1)C(=O)N(CC)c1cccc(C)c1. The van der Waals surface area contributed by atoms with Crippen molar-refractivity contribution >= 4 is 34.4 Å². The van der Waals surface area contributed by atoms with Crippen molar-refractivity contribution in [2.45, 2.75) is 37.6 Å². The fraction of sp³-hybridized carbons (Fsp3) is 0.316. The minimum absolute atomic E-state index is 0.110. The molecule has 1 amide bonds. The maximum atomic E-state index is 13.1. The number of pyridine rings is 1. The Morgan fingerprint density at radius 3 is 2.84 bits per heavy atom. The van der Waals surface area contributed by atoms with E-state index < -0.39 is 0 Å². The molecule has 0 saturated carbocycles. The highest BCUT2D eigenvalue weighted by molar-refractivity contribution is 8.00. The molecule has 0 bridgehead atoms. The number of H-pyrrole nitrogens is 1.